The van der Waals surface area contributed by atoms with Crippen LogP contribution >= 0.6 is 11.8 Å². The number of fused-ring (bicyclic) bond motifs is 1. The lowest BCUT2D eigenvalue weighted by Gasteiger charge is -2.39. The summed E-state index contributed by atoms with van der Waals surface area (Å²) in [6.07, 6.45) is 2.37. The van der Waals surface area contributed by atoms with Gasteiger partial charge in [0.05, 0.1) is 29.9 Å². The molecule has 4 unspecified atom stereocenters. The summed E-state index contributed by atoms with van der Waals surface area (Å²) in [6.45, 7) is 1.77. The maximum atomic E-state index is 13.5. The number of rotatable bonds is 17. The van der Waals surface area contributed by atoms with E-state index < -0.39 is 57.6 Å². The largest absolute Gasteiger partial charge is 0.492 e. The van der Waals surface area contributed by atoms with E-state index >= 15 is 0 Å². The molecular weight excluding hydrogens is 819 g/mol. The highest BCUT2D eigenvalue weighted by Crippen LogP contribution is 2.34. The van der Waals surface area contributed by atoms with Gasteiger partial charge in [-0.15, -0.1) is 11.8 Å². The summed E-state index contributed by atoms with van der Waals surface area (Å²) >= 11 is 1.55. The zero-order chi connectivity index (χ0) is 42.6. The molecule has 4 fully saturated rings. The Morgan fingerprint density at radius 2 is 1.75 bits per heavy atom. The van der Waals surface area contributed by atoms with Crippen molar-refractivity contribution in [2.75, 3.05) is 58.0 Å². The summed E-state index contributed by atoms with van der Waals surface area (Å²) in [7, 11) is -3.45. The SMILES string of the molecule is CS(=O)(=O)N1CCC(C(=O)N[C@@H](CCOCCCC(=O)N2CC(COc3cccc4c3C(=O)N(C3CCC(=O)NC3=O)C4=O)C2)C(=O)NC2NC(c3ccccc3)CS2)C1. The van der Waals surface area contributed by atoms with E-state index in [1.54, 1.807) is 28.8 Å². The number of sulfonamides is 1. The molecule has 4 N–H and O–H groups in total. The van der Waals surface area contributed by atoms with E-state index in [0.717, 1.165) is 22.5 Å². The number of carbonyl (C=O) groups is 7. The molecule has 5 aliphatic rings. The van der Waals surface area contributed by atoms with E-state index in [2.05, 4.69) is 21.3 Å². The summed E-state index contributed by atoms with van der Waals surface area (Å²) in [4.78, 5) is 92.7. The molecule has 7 amide bonds. The molecule has 0 aromatic heterocycles. The van der Waals surface area contributed by atoms with E-state index in [0.29, 0.717) is 25.9 Å². The van der Waals surface area contributed by atoms with E-state index in [4.69, 9.17) is 9.47 Å². The fraction of sp³-hybridized carbons (Fsp3) is 0.525. The number of hydrogen-bond donors (Lipinski definition) is 4. The van der Waals surface area contributed by atoms with Crippen LogP contribution in [0, 0.1) is 11.8 Å². The molecule has 2 aromatic rings. The molecule has 0 saturated carbocycles. The molecule has 20 heteroatoms. The second-order valence-corrected chi connectivity index (χ2v) is 18.7. The number of likely N-dealkylation sites (tertiary alicyclic amines) is 1. The van der Waals surface area contributed by atoms with Crippen LogP contribution in [-0.2, 0) is 38.7 Å². The number of nitrogens with one attached hydrogen (secondary N) is 4. The molecular formula is C40H49N7O11S2. The Kier molecular flexibility index (Phi) is 13.5. The number of thioether (sulfide) groups is 1. The predicted molar refractivity (Wildman–Crippen MR) is 217 cm³/mol. The fourth-order valence-corrected chi connectivity index (χ4v) is 9.96. The van der Waals surface area contributed by atoms with Crippen LogP contribution in [0.5, 0.6) is 5.75 Å². The average molecular weight is 868 g/mol. The number of piperidine rings is 1. The van der Waals surface area contributed by atoms with Crippen LogP contribution in [0.4, 0.5) is 0 Å². The topological polar surface area (TPSA) is 230 Å². The molecule has 5 heterocycles. The number of amides is 7. The van der Waals surface area contributed by atoms with Gasteiger partial charge in [0.25, 0.3) is 11.8 Å². The van der Waals surface area contributed by atoms with E-state index in [1.807, 2.05) is 30.3 Å². The van der Waals surface area contributed by atoms with E-state index in [-0.39, 0.29) is 105 Å². The summed E-state index contributed by atoms with van der Waals surface area (Å²) in [5.41, 5.74) is 0.930. The van der Waals surface area contributed by atoms with Crippen LogP contribution in [0.3, 0.4) is 0 Å². The Morgan fingerprint density at radius 3 is 2.48 bits per heavy atom. The third kappa shape index (κ3) is 10.00. The van der Waals surface area contributed by atoms with Crippen LogP contribution in [0.1, 0.15) is 70.8 Å². The first-order valence-corrected chi connectivity index (χ1v) is 23.0. The maximum Gasteiger partial charge on any atom is 0.266 e. The van der Waals surface area contributed by atoms with Gasteiger partial charge in [0.15, 0.2) is 0 Å². The number of benzene rings is 2. The minimum absolute atomic E-state index is 0.00136. The Bertz CT molecular complexity index is 2120. The van der Waals surface area contributed by atoms with Crippen molar-refractivity contribution in [2.45, 2.75) is 62.1 Å². The smallest absolute Gasteiger partial charge is 0.266 e. The second-order valence-electron chi connectivity index (χ2n) is 15.6. The molecule has 60 heavy (non-hydrogen) atoms. The molecule has 5 atom stereocenters. The van der Waals surface area contributed by atoms with Crippen LogP contribution in [-0.4, -0.2) is 139 Å². The first-order chi connectivity index (χ1) is 28.8. The Balaban J connectivity index is 0.830. The minimum atomic E-state index is -3.45. The number of ether oxygens (including phenoxy) is 2. The first-order valence-electron chi connectivity index (χ1n) is 20.1. The molecule has 2 aromatic carbocycles. The average Bonchev–Trinajstić information content (AvgIpc) is 3.95. The maximum absolute atomic E-state index is 13.5. The first kappa shape index (κ1) is 43.2. The van der Waals surface area contributed by atoms with Gasteiger partial charge < -0.3 is 25.0 Å². The highest BCUT2D eigenvalue weighted by Gasteiger charge is 2.46. The van der Waals surface area contributed by atoms with Crippen molar-refractivity contribution in [3.8, 4) is 5.75 Å². The van der Waals surface area contributed by atoms with Gasteiger partial charge in [0, 0.05) is 69.9 Å². The van der Waals surface area contributed by atoms with Gasteiger partial charge >= 0.3 is 0 Å². The molecule has 18 nitrogen and oxygen atoms in total. The Labute approximate surface area is 351 Å². The molecule has 0 radical (unpaired) electrons. The lowest BCUT2D eigenvalue weighted by atomic mass is 10.0. The van der Waals surface area contributed by atoms with Gasteiger partial charge in [-0.1, -0.05) is 36.4 Å². The highest BCUT2D eigenvalue weighted by atomic mass is 32.2. The number of nitrogens with zero attached hydrogens (tertiary/aromatic N) is 3. The van der Waals surface area contributed by atoms with Crippen molar-refractivity contribution in [1.29, 1.82) is 0 Å². The molecule has 322 valence electrons. The normalized spacial score (nSPS) is 23.9. The monoisotopic (exact) mass is 867 g/mol. The molecule has 5 aliphatic heterocycles. The third-order valence-electron chi connectivity index (χ3n) is 11.3. The van der Waals surface area contributed by atoms with Crippen molar-refractivity contribution in [1.82, 2.24) is 35.4 Å². The standard InChI is InChI=1S/C40H49N7O11S2/c1-60(55,56)46-16-14-26(21-46)35(50)41-28(36(51)44-40-42-29(23-59-40)25-7-3-2-4-8-25)15-18-57-17-6-11-33(49)45-19-24(20-45)22-58-31-10-5-9-27-34(31)39(54)47(38(27)53)30-12-13-32(48)43-37(30)52/h2-5,7-10,24,26,28-30,40,42H,6,11-23H2,1H3,(H,41,50)(H,44,51)(H,43,48,52)/t26?,28-,29?,30?,40?/m0/s1. The summed E-state index contributed by atoms with van der Waals surface area (Å²) in [5.74, 6) is -2.88. The van der Waals surface area contributed by atoms with Crippen molar-refractivity contribution in [2.24, 2.45) is 11.8 Å². The van der Waals surface area contributed by atoms with Crippen LogP contribution in [0.15, 0.2) is 48.5 Å². The Morgan fingerprint density at radius 1 is 0.967 bits per heavy atom. The summed E-state index contributed by atoms with van der Waals surface area (Å²) < 4.78 is 37.1. The van der Waals surface area contributed by atoms with Gasteiger partial charge in [0.1, 0.15) is 23.3 Å². The zero-order valence-electron chi connectivity index (χ0n) is 33.1. The van der Waals surface area contributed by atoms with Gasteiger partial charge in [-0.3, -0.25) is 49.1 Å². The van der Waals surface area contributed by atoms with E-state index in [9.17, 15) is 42.0 Å². The number of carbonyl (C=O) groups excluding carboxylic acids is 7. The van der Waals surface area contributed by atoms with Crippen molar-refractivity contribution >= 4 is 63.1 Å². The molecule has 0 aliphatic carbocycles. The zero-order valence-corrected chi connectivity index (χ0v) is 34.8. The van der Waals surface area contributed by atoms with Crippen molar-refractivity contribution < 1.29 is 51.5 Å². The highest BCUT2D eigenvalue weighted by molar-refractivity contribution is 8.00. The van der Waals surface area contributed by atoms with Crippen LogP contribution < -0.4 is 26.0 Å². The minimum Gasteiger partial charge on any atom is -0.492 e. The summed E-state index contributed by atoms with van der Waals surface area (Å²) in [6, 6.07) is 12.6. The van der Waals surface area contributed by atoms with Crippen LogP contribution in [0.2, 0.25) is 0 Å². The number of hydrogen-bond acceptors (Lipinski definition) is 13. The lowest BCUT2D eigenvalue weighted by molar-refractivity contribution is -0.139. The fourth-order valence-electron chi connectivity index (χ4n) is 7.94. The van der Waals surface area contributed by atoms with Gasteiger partial charge in [-0.05, 0) is 43.4 Å². The van der Waals surface area contributed by atoms with E-state index in [1.165, 1.54) is 10.4 Å². The lowest BCUT2D eigenvalue weighted by Crippen LogP contribution is -2.54. The molecule has 4 saturated heterocycles. The van der Waals surface area contributed by atoms with Gasteiger partial charge in [-0.2, -0.15) is 0 Å². The number of imide groups is 2. The van der Waals surface area contributed by atoms with Crippen LogP contribution in [0.25, 0.3) is 0 Å². The molecule has 0 spiro atoms. The molecule has 0 bridgehead atoms. The Hall–Kier alpha value is -4.89. The van der Waals surface area contributed by atoms with Gasteiger partial charge in [-0.25, -0.2) is 12.7 Å². The second kappa shape index (κ2) is 18.8. The quantitative estimate of drug-likeness (QED) is 0.125. The predicted octanol–water partition coefficient (Wildman–Crippen LogP) is 0.356. The molecule has 7 rings (SSSR count). The van der Waals surface area contributed by atoms with Crippen molar-refractivity contribution in [3.05, 3.63) is 65.2 Å². The third-order valence-corrected chi connectivity index (χ3v) is 13.7. The summed E-state index contributed by atoms with van der Waals surface area (Å²) in [5, 5.41) is 11.4. The van der Waals surface area contributed by atoms with Gasteiger partial charge in [0.2, 0.25) is 39.6 Å². The van der Waals surface area contributed by atoms with Crippen molar-refractivity contribution in [3.63, 3.8) is 0 Å².